The second-order valence-corrected chi connectivity index (χ2v) is 8.12. The van der Waals surface area contributed by atoms with Gasteiger partial charge in [-0.05, 0) is 37.6 Å². The number of para-hydroxylation sites is 1. The number of anilines is 1. The minimum absolute atomic E-state index is 0.0464. The molecule has 3 rings (SSSR count). The molecule has 0 radical (unpaired) electrons. The van der Waals surface area contributed by atoms with E-state index in [2.05, 4.69) is 10.3 Å². The number of thiazole rings is 1. The number of aromatic nitrogens is 1. The highest BCUT2D eigenvalue weighted by molar-refractivity contribution is 8.01. The number of benzene rings is 2. The molecule has 1 amide bonds. The zero-order valence-corrected chi connectivity index (χ0v) is 16.4. The third-order valence-corrected chi connectivity index (χ3v) is 5.86. The van der Waals surface area contributed by atoms with E-state index >= 15 is 0 Å². The van der Waals surface area contributed by atoms with Crippen LogP contribution in [-0.2, 0) is 11.2 Å². The lowest BCUT2D eigenvalue weighted by molar-refractivity contribution is -0.385. The molecule has 0 bridgehead atoms. The summed E-state index contributed by atoms with van der Waals surface area (Å²) in [5, 5.41) is 15.9. The molecule has 0 saturated heterocycles. The number of rotatable bonds is 6. The maximum Gasteiger partial charge on any atom is 0.273 e. The Morgan fingerprint density at radius 1 is 1.26 bits per heavy atom. The zero-order valence-electron chi connectivity index (χ0n) is 14.8. The molecule has 0 aliphatic heterocycles. The third-order valence-electron chi connectivity index (χ3n) is 3.81. The molecule has 0 fully saturated rings. The minimum atomic E-state index is -0.472. The van der Waals surface area contributed by atoms with Gasteiger partial charge in [0.1, 0.15) is 0 Å². The Balaban J connectivity index is 1.68. The minimum Gasteiger partial charge on any atom is -0.326 e. The van der Waals surface area contributed by atoms with Gasteiger partial charge in [-0.15, -0.1) is 11.3 Å². The molecule has 0 atom stereocenters. The summed E-state index contributed by atoms with van der Waals surface area (Å²) in [5.41, 5.74) is 2.96. The third kappa shape index (κ3) is 4.93. The molecule has 1 aromatic heterocycles. The van der Waals surface area contributed by atoms with Crippen molar-refractivity contribution in [3.63, 3.8) is 0 Å². The monoisotopic (exact) mass is 399 g/mol. The van der Waals surface area contributed by atoms with Gasteiger partial charge in [-0.2, -0.15) is 0 Å². The number of nitrogens with one attached hydrogen (secondary N) is 1. The van der Waals surface area contributed by atoms with Crippen molar-refractivity contribution in [2.24, 2.45) is 0 Å². The van der Waals surface area contributed by atoms with Crippen molar-refractivity contribution in [1.29, 1.82) is 0 Å². The largest absolute Gasteiger partial charge is 0.326 e. The van der Waals surface area contributed by atoms with E-state index in [0.29, 0.717) is 11.3 Å². The van der Waals surface area contributed by atoms with Crippen LogP contribution >= 0.6 is 23.1 Å². The van der Waals surface area contributed by atoms with Crippen molar-refractivity contribution in [3.8, 4) is 0 Å². The van der Waals surface area contributed by atoms with E-state index in [9.17, 15) is 14.9 Å². The van der Waals surface area contributed by atoms with Gasteiger partial charge in [0.25, 0.3) is 5.69 Å². The Morgan fingerprint density at radius 2 is 2.04 bits per heavy atom. The number of aryl methyl sites for hydroxylation is 2. The van der Waals surface area contributed by atoms with Crippen LogP contribution in [0.25, 0.3) is 0 Å². The highest BCUT2D eigenvalue weighted by Gasteiger charge is 2.16. The highest BCUT2D eigenvalue weighted by Crippen LogP contribution is 2.32. The molecular formula is C19H17N3O3S2. The number of hydrogen-bond donors (Lipinski definition) is 1. The van der Waals surface area contributed by atoms with E-state index in [1.807, 2.05) is 37.4 Å². The van der Waals surface area contributed by atoms with E-state index in [0.717, 1.165) is 20.5 Å². The lowest BCUT2D eigenvalue weighted by Gasteiger charge is -2.10. The Labute approximate surface area is 164 Å². The first kappa shape index (κ1) is 19.1. The van der Waals surface area contributed by atoms with E-state index in [-0.39, 0.29) is 18.0 Å². The summed E-state index contributed by atoms with van der Waals surface area (Å²) in [6.45, 7) is 3.87. The number of hydrogen-bond acceptors (Lipinski definition) is 6. The van der Waals surface area contributed by atoms with Crippen LogP contribution in [0.5, 0.6) is 0 Å². The van der Waals surface area contributed by atoms with Crippen LogP contribution in [0.1, 0.15) is 16.8 Å². The number of nitrogens with zero attached hydrogens (tertiary/aromatic N) is 2. The fourth-order valence-corrected chi connectivity index (χ4v) is 4.44. The molecule has 0 aliphatic carbocycles. The van der Waals surface area contributed by atoms with Crippen molar-refractivity contribution in [3.05, 3.63) is 74.8 Å². The zero-order chi connectivity index (χ0) is 19.4. The molecule has 138 valence electrons. The summed E-state index contributed by atoms with van der Waals surface area (Å²) in [6, 6.07) is 12.0. The second-order valence-electron chi connectivity index (χ2n) is 5.94. The molecule has 1 N–H and O–H groups in total. The molecule has 0 unspecified atom stereocenters. The molecule has 0 spiro atoms. The highest BCUT2D eigenvalue weighted by atomic mass is 32.2. The molecule has 2 aromatic carbocycles. The second kappa shape index (κ2) is 8.32. The van der Waals surface area contributed by atoms with Crippen LogP contribution < -0.4 is 5.32 Å². The van der Waals surface area contributed by atoms with Gasteiger partial charge in [-0.25, -0.2) is 4.98 Å². The van der Waals surface area contributed by atoms with Crippen LogP contribution in [-0.4, -0.2) is 15.8 Å². The number of nitro groups is 1. The number of carbonyl (C=O) groups excluding carboxylic acids is 1. The van der Waals surface area contributed by atoms with Gasteiger partial charge in [-0.1, -0.05) is 30.0 Å². The van der Waals surface area contributed by atoms with Crippen molar-refractivity contribution < 1.29 is 9.72 Å². The molecular weight excluding hydrogens is 382 g/mol. The molecule has 0 aliphatic rings. The van der Waals surface area contributed by atoms with Crippen LogP contribution in [0.3, 0.4) is 0 Å². The fourth-order valence-electron chi connectivity index (χ4n) is 2.53. The maximum atomic E-state index is 12.3. The first-order chi connectivity index (χ1) is 12.9. The normalized spacial score (nSPS) is 10.6. The van der Waals surface area contributed by atoms with Crippen LogP contribution in [0.15, 0.2) is 57.1 Å². The lowest BCUT2D eigenvalue weighted by atomic mass is 10.1. The fraction of sp³-hybridized carbons (Fsp3) is 0.158. The number of carbonyl (C=O) groups is 1. The van der Waals surface area contributed by atoms with Gasteiger partial charge in [0.2, 0.25) is 5.91 Å². The molecule has 3 aromatic rings. The summed E-state index contributed by atoms with van der Waals surface area (Å²) < 4.78 is 0.972. The van der Waals surface area contributed by atoms with Crippen LogP contribution in [0.2, 0.25) is 0 Å². The van der Waals surface area contributed by atoms with E-state index in [1.54, 1.807) is 41.3 Å². The van der Waals surface area contributed by atoms with Crippen LogP contribution in [0, 0.1) is 24.0 Å². The molecule has 8 heteroatoms. The van der Waals surface area contributed by atoms with E-state index < -0.39 is 4.92 Å². The Hall–Kier alpha value is -2.71. The number of amides is 1. The van der Waals surface area contributed by atoms with Crippen molar-refractivity contribution in [2.45, 2.75) is 29.5 Å². The Kier molecular flexibility index (Phi) is 5.88. The summed E-state index contributed by atoms with van der Waals surface area (Å²) in [7, 11) is 0. The summed E-state index contributed by atoms with van der Waals surface area (Å²) in [6.07, 6.45) is -0.0501. The smallest absolute Gasteiger partial charge is 0.273 e. The first-order valence-electron chi connectivity index (χ1n) is 8.15. The van der Waals surface area contributed by atoms with Gasteiger partial charge in [-0.3, -0.25) is 14.9 Å². The lowest BCUT2D eigenvalue weighted by Crippen LogP contribution is -2.16. The standard InChI is InChI=1S/C19H17N3O3S2/c1-12-9-15(27-19-20-13(2)11-26-19)7-8-16(12)21-18(23)10-14-5-3-4-6-17(14)22(24)25/h3-9,11H,10H2,1-2H3,(H,21,23). The van der Waals surface area contributed by atoms with Crippen molar-refractivity contribution in [2.75, 3.05) is 5.32 Å². The summed E-state index contributed by atoms with van der Waals surface area (Å²) >= 11 is 3.17. The topological polar surface area (TPSA) is 85.1 Å². The van der Waals surface area contributed by atoms with Gasteiger partial charge in [0.05, 0.1) is 11.3 Å². The maximum absolute atomic E-state index is 12.3. The van der Waals surface area contributed by atoms with Gasteiger partial charge >= 0.3 is 0 Å². The average Bonchev–Trinajstić information content (AvgIpc) is 3.02. The molecule has 1 heterocycles. The quantitative estimate of drug-likeness (QED) is 0.466. The van der Waals surface area contributed by atoms with E-state index in [1.165, 1.54) is 6.07 Å². The predicted molar refractivity (Wildman–Crippen MR) is 108 cm³/mol. The molecule has 0 saturated carbocycles. The van der Waals surface area contributed by atoms with Crippen molar-refractivity contribution >= 4 is 40.4 Å². The Bertz CT molecular complexity index is 1000. The SMILES string of the molecule is Cc1csc(Sc2ccc(NC(=O)Cc3ccccc3[N+](=O)[O-])c(C)c2)n1. The summed E-state index contributed by atoms with van der Waals surface area (Å²) in [4.78, 5) is 28.4. The van der Waals surface area contributed by atoms with Crippen LogP contribution in [0.4, 0.5) is 11.4 Å². The molecule has 6 nitrogen and oxygen atoms in total. The van der Waals surface area contributed by atoms with Gasteiger partial charge in [0.15, 0.2) is 4.34 Å². The van der Waals surface area contributed by atoms with E-state index in [4.69, 9.17) is 0 Å². The van der Waals surface area contributed by atoms with Gasteiger partial charge < -0.3 is 5.32 Å². The molecule has 27 heavy (non-hydrogen) atoms. The predicted octanol–water partition coefficient (Wildman–Crippen LogP) is 5.00. The number of nitro benzene ring substituents is 1. The summed E-state index contributed by atoms with van der Waals surface area (Å²) in [5.74, 6) is -0.289. The first-order valence-corrected chi connectivity index (χ1v) is 9.85. The van der Waals surface area contributed by atoms with Crippen molar-refractivity contribution in [1.82, 2.24) is 4.98 Å². The average molecular weight is 399 g/mol. The van der Waals surface area contributed by atoms with Gasteiger partial charge in [0, 0.05) is 33.3 Å². The Morgan fingerprint density at radius 3 is 2.70 bits per heavy atom.